The fourth-order valence-corrected chi connectivity index (χ4v) is 4.59. The summed E-state index contributed by atoms with van der Waals surface area (Å²) < 4.78 is 32.8. The number of amides is 1. The average molecular weight is 416 g/mol. The lowest BCUT2D eigenvalue weighted by Gasteiger charge is -2.27. The Hall–Kier alpha value is -2.71. The molecular formula is C21H24N2O5S. The van der Waals surface area contributed by atoms with Crippen molar-refractivity contribution in [3.8, 4) is 0 Å². The Bertz CT molecular complexity index is 1030. The Kier molecular flexibility index (Phi) is 6.34. The molecule has 1 heterocycles. The number of nitrogens with zero attached hydrogens (tertiary/aromatic N) is 1. The summed E-state index contributed by atoms with van der Waals surface area (Å²) in [4.78, 5) is 25.6. The van der Waals surface area contributed by atoms with Crippen molar-refractivity contribution in [1.29, 1.82) is 0 Å². The van der Waals surface area contributed by atoms with Gasteiger partial charge in [0, 0.05) is 25.2 Å². The summed E-state index contributed by atoms with van der Waals surface area (Å²) >= 11 is 0. The van der Waals surface area contributed by atoms with E-state index in [1.54, 1.807) is 24.0 Å². The van der Waals surface area contributed by atoms with E-state index >= 15 is 0 Å². The molecule has 2 aromatic carbocycles. The van der Waals surface area contributed by atoms with Crippen LogP contribution in [0, 0.1) is 6.92 Å². The maximum atomic E-state index is 12.8. The normalized spacial score (nSPS) is 14.7. The van der Waals surface area contributed by atoms with Crippen molar-refractivity contribution in [3.63, 3.8) is 0 Å². The van der Waals surface area contributed by atoms with Crippen molar-refractivity contribution in [2.75, 3.05) is 18.6 Å². The molecule has 0 aliphatic carbocycles. The summed E-state index contributed by atoms with van der Waals surface area (Å²) in [6.07, 6.45) is 2.39. The summed E-state index contributed by atoms with van der Waals surface area (Å²) in [5.41, 5.74) is 2.21. The lowest BCUT2D eigenvalue weighted by molar-refractivity contribution is -0.119. The highest BCUT2D eigenvalue weighted by atomic mass is 32.2. The highest BCUT2D eigenvalue weighted by Gasteiger charge is 2.21. The molecule has 0 atom stereocenters. The van der Waals surface area contributed by atoms with Gasteiger partial charge in [0.2, 0.25) is 15.9 Å². The molecule has 0 bridgehead atoms. The minimum atomic E-state index is -3.84. The standard InChI is InChI=1S/C21H24N2O5S/c1-15-9-10-17(21(25)28-2)13-19(15)29(26,27)22-14-16-6-5-7-18(12-16)23-11-4-3-8-20(23)24/h5-7,9-10,12-13,22H,3-4,8,11,14H2,1-2H3. The minimum Gasteiger partial charge on any atom is -0.465 e. The largest absolute Gasteiger partial charge is 0.465 e. The fraction of sp³-hybridized carbons (Fsp3) is 0.333. The molecule has 154 valence electrons. The number of carbonyl (C=O) groups is 2. The first kappa shape index (κ1) is 21.0. The monoisotopic (exact) mass is 416 g/mol. The van der Waals surface area contributed by atoms with E-state index in [2.05, 4.69) is 9.46 Å². The lowest BCUT2D eigenvalue weighted by atomic mass is 10.1. The van der Waals surface area contributed by atoms with Crippen LogP contribution in [0.1, 0.15) is 40.7 Å². The van der Waals surface area contributed by atoms with Gasteiger partial charge in [-0.25, -0.2) is 17.9 Å². The van der Waals surface area contributed by atoms with Crippen molar-refractivity contribution < 1.29 is 22.7 Å². The number of aryl methyl sites for hydroxylation is 1. The number of rotatable bonds is 6. The highest BCUT2D eigenvalue weighted by molar-refractivity contribution is 7.89. The molecule has 1 aliphatic rings. The van der Waals surface area contributed by atoms with E-state index in [9.17, 15) is 18.0 Å². The van der Waals surface area contributed by atoms with Crippen molar-refractivity contribution in [3.05, 3.63) is 59.2 Å². The third-order valence-electron chi connectivity index (χ3n) is 4.91. The molecule has 1 fully saturated rings. The number of nitrogens with one attached hydrogen (secondary N) is 1. The number of carbonyl (C=O) groups excluding carboxylic acids is 2. The third-order valence-corrected chi connectivity index (χ3v) is 6.45. The summed E-state index contributed by atoms with van der Waals surface area (Å²) in [6.45, 7) is 2.41. The Balaban J connectivity index is 1.78. The van der Waals surface area contributed by atoms with Crippen LogP contribution in [0.4, 0.5) is 5.69 Å². The first-order valence-corrected chi connectivity index (χ1v) is 10.9. The molecule has 0 spiro atoms. The maximum Gasteiger partial charge on any atom is 0.337 e. The van der Waals surface area contributed by atoms with Crippen LogP contribution in [0.5, 0.6) is 0 Å². The highest BCUT2D eigenvalue weighted by Crippen LogP contribution is 2.23. The second kappa shape index (κ2) is 8.75. The average Bonchev–Trinajstić information content (AvgIpc) is 2.72. The molecule has 1 aliphatic heterocycles. The van der Waals surface area contributed by atoms with Crippen LogP contribution in [0.15, 0.2) is 47.4 Å². The van der Waals surface area contributed by atoms with Gasteiger partial charge in [0.05, 0.1) is 17.6 Å². The minimum absolute atomic E-state index is 0.0303. The second-order valence-corrected chi connectivity index (χ2v) is 8.70. The Morgan fingerprint density at radius 1 is 1.17 bits per heavy atom. The van der Waals surface area contributed by atoms with E-state index in [0.717, 1.165) is 24.1 Å². The van der Waals surface area contributed by atoms with Gasteiger partial charge < -0.3 is 9.64 Å². The second-order valence-electron chi connectivity index (χ2n) is 6.97. The number of hydrogen-bond acceptors (Lipinski definition) is 5. The van der Waals surface area contributed by atoms with Crippen LogP contribution in [0.3, 0.4) is 0 Å². The van der Waals surface area contributed by atoms with Crippen LogP contribution in [-0.2, 0) is 26.1 Å². The van der Waals surface area contributed by atoms with Gasteiger partial charge in [-0.15, -0.1) is 0 Å². The predicted octanol–water partition coefficient (Wildman–Crippen LogP) is 2.78. The summed E-state index contributed by atoms with van der Waals surface area (Å²) in [7, 11) is -2.60. The zero-order valence-corrected chi connectivity index (χ0v) is 17.3. The first-order valence-electron chi connectivity index (χ1n) is 9.40. The molecule has 1 saturated heterocycles. The molecule has 0 unspecified atom stereocenters. The van der Waals surface area contributed by atoms with Crippen LogP contribution >= 0.6 is 0 Å². The molecule has 7 nitrogen and oxygen atoms in total. The molecule has 0 saturated carbocycles. The molecule has 0 radical (unpaired) electrons. The number of sulfonamides is 1. The van der Waals surface area contributed by atoms with Gasteiger partial charge in [-0.2, -0.15) is 0 Å². The number of anilines is 1. The van der Waals surface area contributed by atoms with Crippen molar-refractivity contribution in [1.82, 2.24) is 4.72 Å². The zero-order valence-electron chi connectivity index (χ0n) is 16.5. The molecule has 2 aromatic rings. The van der Waals surface area contributed by atoms with Crippen molar-refractivity contribution >= 4 is 27.6 Å². The van der Waals surface area contributed by atoms with Gasteiger partial charge in [0.25, 0.3) is 0 Å². The molecule has 1 amide bonds. The SMILES string of the molecule is COC(=O)c1ccc(C)c(S(=O)(=O)NCc2cccc(N3CCCCC3=O)c2)c1. The molecule has 8 heteroatoms. The molecule has 29 heavy (non-hydrogen) atoms. The summed E-state index contributed by atoms with van der Waals surface area (Å²) in [5.74, 6) is -0.510. The van der Waals surface area contributed by atoms with Gasteiger partial charge in [-0.3, -0.25) is 4.79 Å². The van der Waals surface area contributed by atoms with Crippen LogP contribution in [0.2, 0.25) is 0 Å². The number of esters is 1. The van der Waals surface area contributed by atoms with E-state index in [1.807, 2.05) is 18.2 Å². The molecule has 0 aromatic heterocycles. The fourth-order valence-electron chi connectivity index (χ4n) is 3.30. The Morgan fingerprint density at radius 3 is 2.69 bits per heavy atom. The first-order chi connectivity index (χ1) is 13.8. The van der Waals surface area contributed by atoms with E-state index in [0.29, 0.717) is 18.5 Å². The van der Waals surface area contributed by atoms with Gasteiger partial charge >= 0.3 is 5.97 Å². The maximum absolute atomic E-state index is 12.8. The van der Waals surface area contributed by atoms with Gasteiger partial charge in [0.1, 0.15) is 0 Å². The Morgan fingerprint density at radius 2 is 1.97 bits per heavy atom. The number of methoxy groups -OCH3 is 1. The van der Waals surface area contributed by atoms with Crippen LogP contribution in [0.25, 0.3) is 0 Å². The molecule has 1 N–H and O–H groups in total. The third kappa shape index (κ3) is 4.83. The van der Waals surface area contributed by atoms with E-state index in [-0.39, 0.29) is 22.9 Å². The molecule has 3 rings (SSSR count). The van der Waals surface area contributed by atoms with Crippen molar-refractivity contribution in [2.45, 2.75) is 37.6 Å². The quantitative estimate of drug-likeness (QED) is 0.731. The van der Waals surface area contributed by atoms with Gasteiger partial charge in [-0.05, 0) is 55.2 Å². The zero-order chi connectivity index (χ0) is 21.0. The Labute approximate surface area is 170 Å². The topological polar surface area (TPSA) is 92.8 Å². The van der Waals surface area contributed by atoms with Crippen LogP contribution < -0.4 is 9.62 Å². The predicted molar refractivity (Wildman–Crippen MR) is 109 cm³/mol. The van der Waals surface area contributed by atoms with E-state index in [1.165, 1.54) is 19.2 Å². The van der Waals surface area contributed by atoms with E-state index in [4.69, 9.17) is 0 Å². The summed E-state index contributed by atoms with van der Waals surface area (Å²) in [6, 6.07) is 11.7. The van der Waals surface area contributed by atoms with Crippen LogP contribution in [-0.4, -0.2) is 33.9 Å². The number of benzene rings is 2. The lowest BCUT2D eigenvalue weighted by Crippen LogP contribution is -2.35. The number of piperidine rings is 1. The molecular weight excluding hydrogens is 392 g/mol. The summed E-state index contributed by atoms with van der Waals surface area (Å²) in [5, 5.41) is 0. The smallest absolute Gasteiger partial charge is 0.337 e. The number of ether oxygens (including phenoxy) is 1. The van der Waals surface area contributed by atoms with E-state index < -0.39 is 16.0 Å². The number of hydrogen-bond donors (Lipinski definition) is 1. The van der Waals surface area contributed by atoms with Gasteiger partial charge in [0.15, 0.2) is 0 Å². The van der Waals surface area contributed by atoms with Gasteiger partial charge in [-0.1, -0.05) is 18.2 Å². The van der Waals surface area contributed by atoms with Crippen molar-refractivity contribution in [2.24, 2.45) is 0 Å².